The van der Waals surface area contributed by atoms with E-state index < -0.39 is 0 Å². The molecule has 100 valence electrons. The molecule has 1 aromatic carbocycles. The number of likely N-dealkylation sites (N-methyl/N-ethyl adjacent to an activating group) is 1. The van der Waals surface area contributed by atoms with Crippen LogP contribution in [0.25, 0.3) is 0 Å². The van der Waals surface area contributed by atoms with Crippen LogP contribution in [0.2, 0.25) is 0 Å². The fraction of sp³-hybridized carbons (Fsp3) is 0.647. The molecule has 1 nitrogen and oxygen atoms in total. The quantitative estimate of drug-likeness (QED) is 0.754. The molecule has 2 rings (SSSR count). The van der Waals surface area contributed by atoms with Crippen LogP contribution in [0.3, 0.4) is 0 Å². The van der Waals surface area contributed by atoms with Gasteiger partial charge < -0.3 is 4.90 Å². The smallest absolute Gasteiger partial charge is 0.00922 e. The zero-order valence-corrected chi connectivity index (χ0v) is 11.9. The number of rotatable bonds is 5. The highest BCUT2D eigenvalue weighted by molar-refractivity contribution is 5.14. The summed E-state index contributed by atoms with van der Waals surface area (Å²) in [6.07, 6.45) is 8.40. The summed E-state index contributed by atoms with van der Waals surface area (Å²) in [5, 5.41) is 0. The average Bonchev–Trinajstić information content (AvgIpc) is 2.46. The largest absolute Gasteiger partial charge is 0.303 e. The lowest BCUT2D eigenvalue weighted by atomic mass is 9.84. The summed E-state index contributed by atoms with van der Waals surface area (Å²) in [6.45, 7) is 3.60. The monoisotopic (exact) mass is 245 g/mol. The van der Waals surface area contributed by atoms with Crippen molar-refractivity contribution in [3.8, 4) is 0 Å². The van der Waals surface area contributed by atoms with Crippen LogP contribution in [0.5, 0.6) is 0 Å². The molecule has 0 radical (unpaired) electrons. The van der Waals surface area contributed by atoms with E-state index in [9.17, 15) is 0 Å². The molecule has 0 spiro atoms. The van der Waals surface area contributed by atoms with E-state index in [-0.39, 0.29) is 0 Å². The van der Waals surface area contributed by atoms with Crippen molar-refractivity contribution in [2.75, 3.05) is 13.6 Å². The molecule has 18 heavy (non-hydrogen) atoms. The summed E-state index contributed by atoms with van der Waals surface area (Å²) in [4.78, 5) is 2.56. The Kier molecular flexibility index (Phi) is 5.25. The summed E-state index contributed by atoms with van der Waals surface area (Å²) < 4.78 is 0. The Labute approximate surface area is 112 Å². The van der Waals surface area contributed by atoms with Crippen molar-refractivity contribution in [3.05, 3.63) is 35.9 Å². The SMILES string of the molecule is CC(C1CCCCC1)N(C)CCc1ccccc1. The summed E-state index contributed by atoms with van der Waals surface area (Å²) in [5.74, 6) is 0.930. The van der Waals surface area contributed by atoms with Crippen molar-refractivity contribution < 1.29 is 0 Å². The summed E-state index contributed by atoms with van der Waals surface area (Å²) in [5.41, 5.74) is 1.46. The first-order valence-corrected chi connectivity index (χ1v) is 7.51. The fourth-order valence-corrected chi connectivity index (χ4v) is 3.13. The second-order valence-corrected chi connectivity index (χ2v) is 5.85. The molecule has 0 amide bonds. The van der Waals surface area contributed by atoms with Crippen molar-refractivity contribution >= 4 is 0 Å². The van der Waals surface area contributed by atoms with E-state index in [1.165, 1.54) is 50.6 Å². The van der Waals surface area contributed by atoms with Gasteiger partial charge in [0.2, 0.25) is 0 Å². The minimum absolute atomic E-state index is 0.744. The van der Waals surface area contributed by atoms with Crippen LogP contribution < -0.4 is 0 Å². The maximum atomic E-state index is 2.56. The van der Waals surface area contributed by atoms with Crippen molar-refractivity contribution in [1.82, 2.24) is 4.90 Å². The Balaban J connectivity index is 1.78. The van der Waals surface area contributed by atoms with Crippen LogP contribution in [0.1, 0.15) is 44.6 Å². The Morgan fingerprint density at radius 1 is 1.11 bits per heavy atom. The molecule has 1 aliphatic carbocycles. The van der Waals surface area contributed by atoms with Crippen molar-refractivity contribution in [3.63, 3.8) is 0 Å². The third-order valence-corrected chi connectivity index (χ3v) is 4.62. The molecular formula is C17H27N. The molecular weight excluding hydrogens is 218 g/mol. The van der Waals surface area contributed by atoms with Gasteiger partial charge in [-0.1, -0.05) is 49.6 Å². The highest BCUT2D eigenvalue weighted by atomic mass is 15.1. The molecule has 0 aromatic heterocycles. The fourth-order valence-electron chi connectivity index (χ4n) is 3.13. The van der Waals surface area contributed by atoms with E-state index in [0.29, 0.717) is 0 Å². The number of hydrogen-bond acceptors (Lipinski definition) is 1. The number of benzene rings is 1. The van der Waals surface area contributed by atoms with Gasteiger partial charge in [-0.15, -0.1) is 0 Å². The van der Waals surface area contributed by atoms with Crippen LogP contribution in [0.15, 0.2) is 30.3 Å². The van der Waals surface area contributed by atoms with E-state index in [1.807, 2.05) is 0 Å². The maximum Gasteiger partial charge on any atom is 0.00922 e. The van der Waals surface area contributed by atoms with Crippen LogP contribution in [-0.4, -0.2) is 24.5 Å². The van der Waals surface area contributed by atoms with E-state index in [1.54, 1.807) is 0 Å². The Hall–Kier alpha value is -0.820. The van der Waals surface area contributed by atoms with Gasteiger partial charge >= 0.3 is 0 Å². The summed E-state index contributed by atoms with van der Waals surface area (Å²) >= 11 is 0. The number of nitrogens with zero attached hydrogens (tertiary/aromatic N) is 1. The molecule has 1 saturated carbocycles. The normalized spacial score (nSPS) is 19.1. The van der Waals surface area contributed by atoms with Crippen LogP contribution >= 0.6 is 0 Å². The topological polar surface area (TPSA) is 3.24 Å². The minimum Gasteiger partial charge on any atom is -0.303 e. The van der Waals surface area contributed by atoms with E-state index in [4.69, 9.17) is 0 Å². The first-order chi connectivity index (χ1) is 8.77. The molecule has 1 atom stereocenters. The van der Waals surface area contributed by atoms with Crippen LogP contribution in [0, 0.1) is 5.92 Å². The van der Waals surface area contributed by atoms with Gasteiger partial charge in [0.05, 0.1) is 0 Å². The number of hydrogen-bond donors (Lipinski definition) is 0. The lowest BCUT2D eigenvalue weighted by Gasteiger charge is -2.34. The van der Waals surface area contributed by atoms with Gasteiger partial charge in [-0.05, 0) is 44.7 Å². The predicted octanol–water partition coefficient (Wildman–Crippen LogP) is 4.13. The second-order valence-electron chi connectivity index (χ2n) is 5.85. The minimum atomic E-state index is 0.744. The molecule has 0 heterocycles. The van der Waals surface area contributed by atoms with Crippen molar-refractivity contribution in [1.29, 1.82) is 0 Å². The molecule has 1 fully saturated rings. The first-order valence-electron chi connectivity index (χ1n) is 7.51. The van der Waals surface area contributed by atoms with Gasteiger partial charge in [-0.2, -0.15) is 0 Å². The Morgan fingerprint density at radius 3 is 2.44 bits per heavy atom. The lowest BCUT2D eigenvalue weighted by molar-refractivity contribution is 0.159. The zero-order valence-electron chi connectivity index (χ0n) is 11.9. The molecule has 0 N–H and O–H groups in total. The van der Waals surface area contributed by atoms with Gasteiger partial charge in [0.25, 0.3) is 0 Å². The third kappa shape index (κ3) is 3.84. The highest BCUT2D eigenvalue weighted by Crippen LogP contribution is 2.28. The van der Waals surface area contributed by atoms with E-state index in [0.717, 1.165) is 12.0 Å². The average molecular weight is 245 g/mol. The highest BCUT2D eigenvalue weighted by Gasteiger charge is 2.22. The molecule has 0 aliphatic heterocycles. The Morgan fingerprint density at radius 2 is 1.78 bits per heavy atom. The van der Waals surface area contributed by atoms with Crippen LogP contribution in [0.4, 0.5) is 0 Å². The molecule has 1 heteroatoms. The van der Waals surface area contributed by atoms with Crippen molar-refractivity contribution in [2.45, 2.75) is 51.5 Å². The molecule has 1 unspecified atom stereocenters. The van der Waals surface area contributed by atoms with Gasteiger partial charge in [-0.25, -0.2) is 0 Å². The molecule has 1 aromatic rings. The van der Waals surface area contributed by atoms with E-state index >= 15 is 0 Å². The third-order valence-electron chi connectivity index (χ3n) is 4.62. The Bertz CT molecular complexity index is 327. The summed E-state index contributed by atoms with van der Waals surface area (Å²) in [7, 11) is 2.29. The zero-order chi connectivity index (χ0) is 12.8. The maximum absolute atomic E-state index is 2.56. The second kappa shape index (κ2) is 6.94. The van der Waals surface area contributed by atoms with Crippen molar-refractivity contribution in [2.24, 2.45) is 5.92 Å². The molecule has 1 aliphatic rings. The van der Waals surface area contributed by atoms with Gasteiger partial charge in [-0.3, -0.25) is 0 Å². The van der Waals surface area contributed by atoms with Gasteiger partial charge in [0, 0.05) is 12.6 Å². The summed E-state index contributed by atoms with van der Waals surface area (Å²) in [6, 6.07) is 11.6. The first kappa shape index (κ1) is 13.6. The molecule has 0 saturated heterocycles. The standard InChI is InChI=1S/C17H27N/c1-15(17-11-7-4-8-12-17)18(2)14-13-16-9-5-3-6-10-16/h3,5-6,9-10,15,17H,4,7-8,11-14H2,1-2H3. The molecule has 0 bridgehead atoms. The van der Waals surface area contributed by atoms with Gasteiger partial charge in [0.1, 0.15) is 0 Å². The lowest BCUT2D eigenvalue weighted by Crippen LogP contribution is -2.37. The van der Waals surface area contributed by atoms with Gasteiger partial charge in [0.15, 0.2) is 0 Å². The van der Waals surface area contributed by atoms with E-state index in [2.05, 4.69) is 49.2 Å². The predicted molar refractivity (Wildman–Crippen MR) is 78.8 cm³/mol. The van der Waals surface area contributed by atoms with Crippen LogP contribution in [-0.2, 0) is 6.42 Å².